The average molecular weight is 479 g/mol. The molecule has 0 aromatic carbocycles. The fraction of sp³-hybridized carbons (Fsp3) is 0.941. The minimum atomic E-state index is -4.10. The van der Waals surface area contributed by atoms with Gasteiger partial charge in [-0.05, 0) is 38.5 Å². The van der Waals surface area contributed by atoms with Crippen molar-refractivity contribution in [1.29, 1.82) is 0 Å². The Labute approximate surface area is 166 Å². The second-order valence-electron chi connectivity index (χ2n) is 6.77. The van der Waals surface area contributed by atoms with Gasteiger partial charge in [0.25, 0.3) is 0 Å². The third-order valence-corrected chi connectivity index (χ3v) is 4.55. The zero-order valence-corrected chi connectivity index (χ0v) is 18.0. The maximum absolute atomic E-state index is 12.9. The summed E-state index contributed by atoms with van der Waals surface area (Å²) in [6, 6.07) is -0.177. The van der Waals surface area contributed by atoms with Crippen LogP contribution in [0, 0.1) is 11.8 Å². The van der Waals surface area contributed by atoms with E-state index in [0.29, 0.717) is 31.4 Å². The number of ether oxygens (including phenoxy) is 1. The van der Waals surface area contributed by atoms with Crippen molar-refractivity contribution in [2.45, 2.75) is 71.2 Å². The van der Waals surface area contributed by atoms with Crippen LogP contribution in [0.3, 0.4) is 0 Å². The molecule has 8 heteroatoms. The maximum Gasteiger partial charge on any atom is 0.391 e. The van der Waals surface area contributed by atoms with E-state index in [2.05, 4.69) is 29.5 Å². The number of alkyl halides is 3. The molecule has 3 unspecified atom stereocenters. The molecule has 1 aliphatic rings. The molecule has 1 fully saturated rings. The average Bonchev–Trinajstić information content (AvgIpc) is 2.52. The van der Waals surface area contributed by atoms with E-state index in [1.807, 2.05) is 6.92 Å². The Morgan fingerprint density at radius 3 is 2.48 bits per heavy atom. The molecule has 1 aliphatic carbocycles. The van der Waals surface area contributed by atoms with Gasteiger partial charge in [-0.3, -0.25) is 4.99 Å². The third kappa shape index (κ3) is 9.30. The second kappa shape index (κ2) is 12.2. The van der Waals surface area contributed by atoms with Crippen LogP contribution in [0.5, 0.6) is 0 Å². The number of hydrogen-bond donors (Lipinski definition) is 2. The van der Waals surface area contributed by atoms with Crippen molar-refractivity contribution in [2.75, 3.05) is 20.2 Å². The standard InChI is InChI=1S/C17H32F3N3O.HI/c1-5-24-15(12(2)3)9-10-22-16(21-4)23-14-8-6-7-13(11-14)17(18,19)20;/h12-15H,5-11H2,1-4H3,(H2,21,22,23);1H. The molecule has 1 rings (SSSR count). The van der Waals surface area contributed by atoms with E-state index in [9.17, 15) is 13.2 Å². The van der Waals surface area contributed by atoms with E-state index in [1.165, 1.54) is 0 Å². The summed E-state index contributed by atoms with van der Waals surface area (Å²) < 4.78 is 44.4. The van der Waals surface area contributed by atoms with Gasteiger partial charge >= 0.3 is 6.18 Å². The van der Waals surface area contributed by atoms with Gasteiger partial charge in [-0.25, -0.2) is 0 Å². The minimum absolute atomic E-state index is 0. The molecule has 3 atom stereocenters. The van der Waals surface area contributed by atoms with Crippen LogP contribution in [0.1, 0.15) is 52.9 Å². The Morgan fingerprint density at radius 2 is 1.96 bits per heavy atom. The van der Waals surface area contributed by atoms with E-state index in [0.717, 1.165) is 12.8 Å². The summed E-state index contributed by atoms with van der Waals surface area (Å²) in [4.78, 5) is 4.13. The lowest BCUT2D eigenvalue weighted by atomic mass is 9.85. The maximum atomic E-state index is 12.9. The zero-order valence-electron chi connectivity index (χ0n) is 15.7. The Morgan fingerprint density at radius 1 is 1.28 bits per heavy atom. The first kappa shape index (κ1) is 24.8. The highest BCUT2D eigenvalue weighted by atomic mass is 127. The van der Waals surface area contributed by atoms with Crippen LogP contribution in [0.4, 0.5) is 13.2 Å². The molecular weight excluding hydrogens is 446 g/mol. The number of guanidine groups is 1. The van der Waals surface area contributed by atoms with Gasteiger partial charge in [0, 0.05) is 26.2 Å². The molecule has 25 heavy (non-hydrogen) atoms. The van der Waals surface area contributed by atoms with Gasteiger partial charge in [0.2, 0.25) is 0 Å². The molecule has 0 spiro atoms. The van der Waals surface area contributed by atoms with Crippen molar-refractivity contribution in [3.05, 3.63) is 0 Å². The topological polar surface area (TPSA) is 45.6 Å². The smallest absolute Gasteiger partial charge is 0.378 e. The quantitative estimate of drug-likeness (QED) is 0.325. The predicted molar refractivity (Wildman–Crippen MR) is 107 cm³/mol. The number of rotatable bonds is 7. The normalized spacial score (nSPS) is 23.1. The van der Waals surface area contributed by atoms with E-state index in [4.69, 9.17) is 4.74 Å². The van der Waals surface area contributed by atoms with Crippen molar-refractivity contribution in [1.82, 2.24) is 10.6 Å². The molecular formula is C17H33F3IN3O. The lowest BCUT2D eigenvalue weighted by Crippen LogP contribution is -2.47. The molecule has 0 heterocycles. The van der Waals surface area contributed by atoms with Gasteiger partial charge in [-0.15, -0.1) is 24.0 Å². The Hall–Kier alpha value is -0.250. The SMILES string of the molecule is CCOC(CCNC(=NC)NC1CCCC(C(F)(F)F)C1)C(C)C.I. The summed E-state index contributed by atoms with van der Waals surface area (Å²) in [7, 11) is 1.64. The van der Waals surface area contributed by atoms with Crippen LogP contribution in [0.2, 0.25) is 0 Å². The van der Waals surface area contributed by atoms with Crippen molar-refractivity contribution in [3.8, 4) is 0 Å². The molecule has 0 aromatic heterocycles. The first-order valence-corrected chi connectivity index (χ1v) is 8.93. The first-order chi connectivity index (χ1) is 11.3. The Balaban J connectivity index is 0.00000576. The lowest BCUT2D eigenvalue weighted by molar-refractivity contribution is -0.183. The number of halogens is 4. The lowest BCUT2D eigenvalue weighted by Gasteiger charge is -2.32. The number of hydrogen-bond acceptors (Lipinski definition) is 2. The monoisotopic (exact) mass is 479 g/mol. The molecule has 0 bridgehead atoms. The largest absolute Gasteiger partial charge is 0.391 e. The van der Waals surface area contributed by atoms with Crippen molar-refractivity contribution in [2.24, 2.45) is 16.8 Å². The molecule has 0 aliphatic heterocycles. The summed E-state index contributed by atoms with van der Waals surface area (Å²) in [6.45, 7) is 7.57. The van der Waals surface area contributed by atoms with Gasteiger partial charge in [0.15, 0.2) is 5.96 Å². The number of nitrogens with one attached hydrogen (secondary N) is 2. The molecule has 150 valence electrons. The van der Waals surface area contributed by atoms with E-state index >= 15 is 0 Å². The summed E-state index contributed by atoms with van der Waals surface area (Å²) in [6.07, 6.45) is -1.39. The van der Waals surface area contributed by atoms with E-state index in [1.54, 1.807) is 7.05 Å². The highest BCUT2D eigenvalue weighted by molar-refractivity contribution is 14.0. The molecule has 4 nitrogen and oxygen atoms in total. The van der Waals surface area contributed by atoms with Gasteiger partial charge in [0.05, 0.1) is 12.0 Å². The summed E-state index contributed by atoms with van der Waals surface area (Å²) in [5.74, 6) is -0.209. The number of nitrogens with zero attached hydrogens (tertiary/aromatic N) is 1. The predicted octanol–water partition coefficient (Wildman–Crippen LogP) is 4.34. The van der Waals surface area contributed by atoms with E-state index < -0.39 is 12.1 Å². The van der Waals surface area contributed by atoms with Crippen LogP contribution >= 0.6 is 24.0 Å². The van der Waals surface area contributed by atoms with Crippen molar-refractivity contribution < 1.29 is 17.9 Å². The molecule has 0 saturated heterocycles. The number of aliphatic imine (C=N–C) groups is 1. The minimum Gasteiger partial charge on any atom is -0.378 e. The fourth-order valence-electron chi connectivity index (χ4n) is 3.16. The molecule has 1 saturated carbocycles. The summed E-state index contributed by atoms with van der Waals surface area (Å²) >= 11 is 0. The molecule has 0 amide bonds. The van der Waals surface area contributed by atoms with Crippen molar-refractivity contribution in [3.63, 3.8) is 0 Å². The van der Waals surface area contributed by atoms with Crippen LogP contribution in [0.15, 0.2) is 4.99 Å². The highest BCUT2D eigenvalue weighted by Crippen LogP contribution is 2.37. The van der Waals surface area contributed by atoms with Crippen molar-refractivity contribution >= 4 is 29.9 Å². The molecule has 0 radical (unpaired) electrons. The summed E-state index contributed by atoms with van der Waals surface area (Å²) in [5, 5.41) is 6.33. The third-order valence-electron chi connectivity index (χ3n) is 4.55. The zero-order chi connectivity index (χ0) is 18.2. The van der Waals surface area contributed by atoms with Crippen LogP contribution in [-0.4, -0.2) is 44.5 Å². The van der Waals surface area contributed by atoms with Crippen LogP contribution < -0.4 is 10.6 Å². The van der Waals surface area contributed by atoms with Gasteiger partial charge < -0.3 is 15.4 Å². The first-order valence-electron chi connectivity index (χ1n) is 8.93. The van der Waals surface area contributed by atoms with Crippen LogP contribution in [0.25, 0.3) is 0 Å². The molecule has 2 N–H and O–H groups in total. The van der Waals surface area contributed by atoms with E-state index in [-0.39, 0.29) is 49.0 Å². The van der Waals surface area contributed by atoms with Gasteiger partial charge in [0.1, 0.15) is 0 Å². The van der Waals surface area contributed by atoms with Crippen LogP contribution in [-0.2, 0) is 4.74 Å². The Kier molecular flexibility index (Phi) is 12.1. The van der Waals surface area contributed by atoms with Gasteiger partial charge in [-0.2, -0.15) is 13.2 Å². The fourth-order valence-corrected chi connectivity index (χ4v) is 3.16. The second-order valence-corrected chi connectivity index (χ2v) is 6.77. The highest BCUT2D eigenvalue weighted by Gasteiger charge is 2.42. The Bertz CT molecular complexity index is 392. The molecule has 0 aromatic rings. The van der Waals surface area contributed by atoms with Gasteiger partial charge in [-0.1, -0.05) is 20.3 Å². The summed E-state index contributed by atoms with van der Waals surface area (Å²) in [5.41, 5.74) is 0.